The summed E-state index contributed by atoms with van der Waals surface area (Å²) in [6.07, 6.45) is 1.87. The number of allylic oxidation sites excluding steroid dienone is 1. The first-order chi connectivity index (χ1) is 11.5. The molecule has 0 unspecified atom stereocenters. The van der Waals surface area contributed by atoms with Crippen LogP contribution in [-0.4, -0.2) is 35.4 Å². The van der Waals surface area contributed by atoms with Crippen LogP contribution in [0, 0.1) is 10.1 Å². The molecule has 1 aliphatic rings. The Hall–Kier alpha value is -2.35. The summed E-state index contributed by atoms with van der Waals surface area (Å²) in [6.45, 7) is 1.85. The van der Waals surface area contributed by atoms with Crippen LogP contribution in [0.3, 0.4) is 0 Å². The van der Waals surface area contributed by atoms with Crippen LogP contribution in [-0.2, 0) is 14.3 Å². The fourth-order valence-electron chi connectivity index (χ4n) is 2.68. The van der Waals surface area contributed by atoms with Crippen molar-refractivity contribution in [2.45, 2.75) is 19.3 Å². The van der Waals surface area contributed by atoms with Crippen LogP contribution in [0.5, 0.6) is 0 Å². The predicted octanol–water partition coefficient (Wildman–Crippen LogP) is 2.38. The molecule has 1 amide bonds. The molecule has 0 fully saturated rings. The van der Waals surface area contributed by atoms with Crippen molar-refractivity contribution in [2.75, 3.05) is 18.6 Å². The van der Waals surface area contributed by atoms with E-state index < -0.39 is 16.8 Å². The molecule has 24 heavy (non-hydrogen) atoms. The lowest BCUT2D eigenvalue weighted by molar-refractivity contribution is -0.385. The number of hydrogen-bond acceptors (Lipinski definition) is 6. The van der Waals surface area contributed by atoms with Crippen LogP contribution in [0.1, 0.15) is 24.8 Å². The molecule has 0 saturated heterocycles. The molecule has 8 heteroatoms. The Morgan fingerprint density at radius 1 is 1.46 bits per heavy atom. The second kappa shape index (κ2) is 7.96. The molecule has 0 aromatic heterocycles. The Bertz CT molecular complexity index is 701. The maximum Gasteiger partial charge on any atom is 0.336 e. The average Bonchev–Trinajstić information content (AvgIpc) is 2.54. The first-order valence-corrected chi connectivity index (χ1v) is 8.75. The topological polar surface area (TPSA) is 98.5 Å². The van der Waals surface area contributed by atoms with Gasteiger partial charge in [-0.2, -0.15) is 11.8 Å². The van der Waals surface area contributed by atoms with Gasteiger partial charge in [0.2, 0.25) is 5.91 Å². The maximum atomic E-state index is 12.4. The van der Waals surface area contributed by atoms with E-state index in [4.69, 9.17) is 4.74 Å². The third kappa shape index (κ3) is 3.94. The van der Waals surface area contributed by atoms with Gasteiger partial charge >= 0.3 is 5.97 Å². The van der Waals surface area contributed by atoms with Crippen molar-refractivity contribution < 1.29 is 19.2 Å². The van der Waals surface area contributed by atoms with Crippen LogP contribution >= 0.6 is 11.8 Å². The van der Waals surface area contributed by atoms with E-state index >= 15 is 0 Å². The third-order valence-electron chi connectivity index (χ3n) is 3.72. The molecule has 1 aromatic carbocycles. The minimum absolute atomic E-state index is 0.0326. The van der Waals surface area contributed by atoms with Gasteiger partial charge in [0, 0.05) is 35.4 Å². The summed E-state index contributed by atoms with van der Waals surface area (Å²) < 4.78 is 5.24. The van der Waals surface area contributed by atoms with E-state index in [1.165, 1.54) is 6.07 Å². The van der Waals surface area contributed by atoms with Gasteiger partial charge in [0.25, 0.3) is 5.69 Å². The average molecular weight is 350 g/mol. The third-order valence-corrected chi connectivity index (χ3v) is 4.29. The Labute approximate surface area is 143 Å². The molecule has 1 heterocycles. The molecule has 0 bridgehead atoms. The van der Waals surface area contributed by atoms with Crippen LogP contribution in [0.15, 0.2) is 35.5 Å². The lowest BCUT2D eigenvalue weighted by Crippen LogP contribution is -2.34. The summed E-state index contributed by atoms with van der Waals surface area (Å²) in [7, 11) is 0. The Kier molecular flexibility index (Phi) is 5.97. The predicted molar refractivity (Wildman–Crippen MR) is 90.6 cm³/mol. The smallest absolute Gasteiger partial charge is 0.336 e. The zero-order chi connectivity index (χ0) is 17.7. The number of thioether (sulfide) groups is 1. The number of ether oxygens (including phenoxy) is 1. The minimum Gasteiger partial charge on any atom is -0.461 e. The summed E-state index contributed by atoms with van der Waals surface area (Å²) in [5.41, 5.74) is 0.876. The molecule has 0 radical (unpaired) electrons. The monoisotopic (exact) mass is 350 g/mol. The van der Waals surface area contributed by atoms with Crippen LogP contribution < -0.4 is 5.32 Å². The number of carbonyl (C=O) groups excluding carboxylic acids is 2. The SMILES string of the molecule is CSCCOC(=O)C1=C(C)NC(=O)C[C@H]1c1ccccc1[N+](=O)[O-]. The zero-order valence-corrected chi connectivity index (χ0v) is 14.2. The van der Waals surface area contributed by atoms with E-state index in [0.29, 0.717) is 17.0 Å². The molecule has 1 aliphatic heterocycles. The zero-order valence-electron chi connectivity index (χ0n) is 13.4. The molecule has 1 atom stereocenters. The number of carbonyl (C=O) groups is 2. The number of rotatable bonds is 6. The highest BCUT2D eigenvalue weighted by Crippen LogP contribution is 2.37. The normalized spacial score (nSPS) is 17.4. The highest BCUT2D eigenvalue weighted by Gasteiger charge is 2.36. The molecule has 128 valence electrons. The van der Waals surface area contributed by atoms with Gasteiger partial charge in [-0.25, -0.2) is 4.79 Å². The largest absolute Gasteiger partial charge is 0.461 e. The van der Waals surface area contributed by atoms with Gasteiger partial charge in [-0.15, -0.1) is 0 Å². The van der Waals surface area contributed by atoms with E-state index in [2.05, 4.69) is 5.32 Å². The van der Waals surface area contributed by atoms with E-state index in [0.717, 1.165) is 0 Å². The molecule has 7 nitrogen and oxygen atoms in total. The van der Waals surface area contributed by atoms with Gasteiger partial charge in [0.1, 0.15) is 6.61 Å². The van der Waals surface area contributed by atoms with Crippen molar-refractivity contribution in [1.82, 2.24) is 5.32 Å². The number of benzene rings is 1. The standard InChI is InChI=1S/C16H18N2O5S/c1-10-15(16(20)23-7-8-24-2)12(9-14(19)17-10)11-5-3-4-6-13(11)18(21)22/h3-6,12H,7-9H2,1-2H3,(H,17,19)/t12-/m0/s1. The number of amides is 1. The van der Waals surface area contributed by atoms with Crippen molar-refractivity contribution in [2.24, 2.45) is 0 Å². The summed E-state index contributed by atoms with van der Waals surface area (Å²) in [6, 6.07) is 6.15. The van der Waals surface area contributed by atoms with Crippen molar-refractivity contribution in [1.29, 1.82) is 0 Å². The molecule has 0 saturated carbocycles. The molecule has 1 aromatic rings. The minimum atomic E-state index is -0.692. The second-order valence-electron chi connectivity index (χ2n) is 5.29. The Balaban J connectivity index is 2.42. The van der Waals surface area contributed by atoms with Gasteiger partial charge in [0.15, 0.2) is 0 Å². The fraction of sp³-hybridized carbons (Fsp3) is 0.375. The highest BCUT2D eigenvalue weighted by atomic mass is 32.2. The van der Waals surface area contributed by atoms with Gasteiger partial charge in [0.05, 0.1) is 10.5 Å². The number of nitro groups is 1. The number of para-hydroxylation sites is 1. The van der Waals surface area contributed by atoms with E-state index in [1.54, 1.807) is 36.9 Å². The summed E-state index contributed by atoms with van der Waals surface area (Å²) in [5, 5.41) is 13.9. The maximum absolute atomic E-state index is 12.4. The first kappa shape index (κ1) is 18.0. The Morgan fingerprint density at radius 2 is 2.17 bits per heavy atom. The van der Waals surface area contributed by atoms with E-state index in [1.807, 2.05) is 6.26 Å². The molecule has 0 aliphatic carbocycles. The van der Waals surface area contributed by atoms with Crippen molar-refractivity contribution >= 4 is 29.3 Å². The van der Waals surface area contributed by atoms with Gasteiger partial charge < -0.3 is 10.1 Å². The summed E-state index contributed by atoms with van der Waals surface area (Å²) >= 11 is 1.54. The van der Waals surface area contributed by atoms with Crippen LogP contribution in [0.25, 0.3) is 0 Å². The van der Waals surface area contributed by atoms with Crippen molar-refractivity contribution in [3.05, 3.63) is 51.2 Å². The van der Waals surface area contributed by atoms with Crippen molar-refractivity contribution in [3.63, 3.8) is 0 Å². The molecule has 1 N–H and O–H groups in total. The second-order valence-corrected chi connectivity index (χ2v) is 6.27. The number of nitrogens with one attached hydrogen (secondary N) is 1. The fourth-order valence-corrected chi connectivity index (χ4v) is 2.93. The highest BCUT2D eigenvalue weighted by molar-refractivity contribution is 7.98. The van der Waals surface area contributed by atoms with Crippen LogP contribution in [0.2, 0.25) is 0 Å². The molecular formula is C16H18N2O5S. The molecular weight excluding hydrogens is 332 g/mol. The van der Waals surface area contributed by atoms with Crippen molar-refractivity contribution in [3.8, 4) is 0 Å². The summed E-state index contributed by atoms with van der Waals surface area (Å²) in [4.78, 5) is 35.1. The lowest BCUT2D eigenvalue weighted by atomic mass is 9.83. The summed E-state index contributed by atoms with van der Waals surface area (Å²) in [5.74, 6) is -0.872. The molecule has 2 rings (SSSR count). The van der Waals surface area contributed by atoms with Gasteiger partial charge in [-0.3, -0.25) is 14.9 Å². The number of hydrogen-bond donors (Lipinski definition) is 1. The van der Waals surface area contributed by atoms with E-state index in [-0.39, 0.29) is 30.2 Å². The quantitative estimate of drug-likeness (QED) is 0.366. The Morgan fingerprint density at radius 3 is 2.83 bits per heavy atom. The van der Waals surface area contributed by atoms with E-state index in [9.17, 15) is 19.7 Å². The first-order valence-electron chi connectivity index (χ1n) is 7.35. The number of nitro benzene ring substituents is 1. The lowest BCUT2D eigenvalue weighted by Gasteiger charge is -2.26. The van der Waals surface area contributed by atoms with Crippen LogP contribution in [0.4, 0.5) is 5.69 Å². The van der Waals surface area contributed by atoms with Gasteiger partial charge in [-0.1, -0.05) is 18.2 Å². The molecule has 0 spiro atoms. The van der Waals surface area contributed by atoms with Gasteiger partial charge in [-0.05, 0) is 13.2 Å². The number of esters is 1. The number of nitrogens with zero attached hydrogens (tertiary/aromatic N) is 1.